The molecule has 5 rings (SSSR count). The van der Waals surface area contributed by atoms with Crippen LogP contribution < -0.4 is 0 Å². The van der Waals surface area contributed by atoms with Crippen LogP contribution in [0.1, 0.15) is 68.9 Å². The lowest BCUT2D eigenvalue weighted by Gasteiger charge is -2.23. The van der Waals surface area contributed by atoms with Gasteiger partial charge >= 0.3 is 6.09 Å². The van der Waals surface area contributed by atoms with Crippen LogP contribution >= 0.6 is 0 Å². The summed E-state index contributed by atoms with van der Waals surface area (Å²) in [6.45, 7) is 1.16. The molecule has 0 aromatic heterocycles. The van der Waals surface area contributed by atoms with E-state index in [1.165, 1.54) is 56.1 Å². The van der Waals surface area contributed by atoms with Crippen molar-refractivity contribution in [2.45, 2.75) is 70.4 Å². The third-order valence-electron chi connectivity index (χ3n) is 7.38. The number of nitrogens with zero attached hydrogens (tertiary/aromatic N) is 1. The summed E-state index contributed by atoms with van der Waals surface area (Å²) in [4.78, 5) is 14.8. The molecule has 3 fully saturated rings. The van der Waals surface area contributed by atoms with Crippen LogP contribution in [0.2, 0.25) is 0 Å². The number of rotatable bonds is 6. The quantitative estimate of drug-likeness (QED) is 0.331. The number of amides is 1. The van der Waals surface area contributed by atoms with Crippen LogP contribution in [-0.2, 0) is 11.3 Å². The minimum atomic E-state index is -0.261. The minimum Gasteiger partial charge on any atom is -0.439 e. The normalized spacial score (nSPS) is 21.5. The van der Waals surface area contributed by atoms with E-state index >= 15 is 0 Å². The van der Waals surface area contributed by atoms with E-state index < -0.39 is 0 Å². The maximum Gasteiger partial charge on any atom is 0.410 e. The van der Waals surface area contributed by atoms with E-state index in [1.807, 2.05) is 23.1 Å². The maximum absolute atomic E-state index is 12.9. The van der Waals surface area contributed by atoms with E-state index in [9.17, 15) is 4.79 Å². The van der Waals surface area contributed by atoms with E-state index in [4.69, 9.17) is 4.74 Å². The van der Waals surface area contributed by atoms with Crippen molar-refractivity contribution >= 4 is 11.7 Å². The van der Waals surface area contributed by atoms with Gasteiger partial charge in [-0.05, 0) is 61.1 Å². The van der Waals surface area contributed by atoms with Crippen LogP contribution in [0.15, 0.2) is 83.6 Å². The van der Waals surface area contributed by atoms with Gasteiger partial charge in [0.25, 0.3) is 0 Å². The molecule has 0 spiro atoms. The molecule has 0 radical (unpaired) electrons. The Kier molecular flexibility index (Phi) is 7.31. The molecule has 1 amide bonds. The highest BCUT2D eigenvalue weighted by Gasteiger charge is 2.35. The number of ether oxygens (including phenoxy) is 1. The smallest absolute Gasteiger partial charge is 0.410 e. The molecular formula is C31H35NO2. The predicted octanol–water partition coefficient (Wildman–Crippen LogP) is 7.70. The number of hydrogen-bond donors (Lipinski definition) is 0. The predicted molar refractivity (Wildman–Crippen MR) is 137 cm³/mol. The van der Waals surface area contributed by atoms with Crippen LogP contribution in [0, 0.1) is 5.92 Å². The average Bonchev–Trinajstić information content (AvgIpc) is 3.53. The molecule has 2 saturated carbocycles. The lowest BCUT2D eigenvalue weighted by Crippen LogP contribution is -2.25. The van der Waals surface area contributed by atoms with Crippen LogP contribution in [-0.4, -0.2) is 23.6 Å². The third kappa shape index (κ3) is 5.54. The Balaban J connectivity index is 1.52. The summed E-state index contributed by atoms with van der Waals surface area (Å²) in [5.74, 6) is 0.541. The van der Waals surface area contributed by atoms with E-state index in [0.717, 1.165) is 29.6 Å². The molecule has 0 bridgehead atoms. The summed E-state index contributed by atoms with van der Waals surface area (Å²) in [5.41, 5.74) is 9.81. The Bertz CT molecular complexity index is 1060. The fourth-order valence-corrected chi connectivity index (χ4v) is 5.53. The van der Waals surface area contributed by atoms with E-state index in [-0.39, 0.29) is 12.2 Å². The first kappa shape index (κ1) is 22.7. The molecule has 176 valence electrons. The SMILES string of the molecule is O=C1OC(/C(=C\C2CCCCC2)C(=C=C2CCCC2)c2ccccc2)CN1Cc1ccccc1. The lowest BCUT2D eigenvalue weighted by atomic mass is 9.84. The summed E-state index contributed by atoms with van der Waals surface area (Å²) < 4.78 is 6.07. The molecule has 0 N–H and O–H groups in total. The molecular weight excluding hydrogens is 418 g/mol. The van der Waals surface area contributed by atoms with Crippen molar-refractivity contribution in [1.29, 1.82) is 0 Å². The van der Waals surface area contributed by atoms with Crippen molar-refractivity contribution in [2.24, 2.45) is 5.92 Å². The van der Waals surface area contributed by atoms with Crippen LogP contribution in [0.5, 0.6) is 0 Å². The van der Waals surface area contributed by atoms with Crippen molar-refractivity contribution in [2.75, 3.05) is 6.54 Å². The molecule has 1 heterocycles. The molecule has 3 aliphatic rings. The Hall–Kier alpha value is -3.03. The zero-order chi connectivity index (χ0) is 23.2. The first-order chi connectivity index (χ1) is 16.8. The zero-order valence-electron chi connectivity index (χ0n) is 20.0. The van der Waals surface area contributed by atoms with Gasteiger partial charge in [0.15, 0.2) is 0 Å². The van der Waals surface area contributed by atoms with Gasteiger partial charge in [0.1, 0.15) is 6.10 Å². The topological polar surface area (TPSA) is 29.5 Å². The number of carbonyl (C=O) groups is 1. The highest BCUT2D eigenvalue weighted by atomic mass is 16.6. The van der Waals surface area contributed by atoms with Crippen molar-refractivity contribution in [3.63, 3.8) is 0 Å². The Morgan fingerprint density at radius 2 is 1.59 bits per heavy atom. The van der Waals surface area contributed by atoms with Crippen LogP contribution in [0.25, 0.3) is 5.57 Å². The number of allylic oxidation sites excluding steroid dienone is 1. The van der Waals surface area contributed by atoms with E-state index in [2.05, 4.69) is 54.3 Å². The van der Waals surface area contributed by atoms with Gasteiger partial charge in [0.2, 0.25) is 0 Å². The van der Waals surface area contributed by atoms with Gasteiger partial charge in [-0.2, -0.15) is 0 Å². The Labute approximate surface area is 203 Å². The second-order valence-corrected chi connectivity index (χ2v) is 9.94. The van der Waals surface area contributed by atoms with Gasteiger partial charge in [0, 0.05) is 17.7 Å². The number of benzene rings is 2. The summed E-state index contributed by atoms with van der Waals surface area (Å²) in [5, 5.41) is 0. The summed E-state index contributed by atoms with van der Waals surface area (Å²) in [7, 11) is 0. The fourth-order valence-electron chi connectivity index (χ4n) is 5.53. The van der Waals surface area contributed by atoms with E-state index in [0.29, 0.717) is 19.0 Å². The van der Waals surface area contributed by atoms with Gasteiger partial charge in [-0.1, -0.05) is 86.0 Å². The molecule has 2 aromatic carbocycles. The molecule has 2 aliphatic carbocycles. The fraction of sp³-hybridized carbons (Fsp3) is 0.419. The molecule has 3 heteroatoms. The molecule has 2 aromatic rings. The first-order valence-corrected chi connectivity index (χ1v) is 13.0. The minimum absolute atomic E-state index is 0.218. The molecule has 3 nitrogen and oxygen atoms in total. The second-order valence-electron chi connectivity index (χ2n) is 9.94. The van der Waals surface area contributed by atoms with Crippen LogP contribution in [0.3, 0.4) is 0 Å². The largest absolute Gasteiger partial charge is 0.439 e. The Morgan fingerprint density at radius 3 is 2.29 bits per heavy atom. The van der Waals surface area contributed by atoms with Gasteiger partial charge < -0.3 is 4.74 Å². The lowest BCUT2D eigenvalue weighted by molar-refractivity contribution is 0.142. The third-order valence-corrected chi connectivity index (χ3v) is 7.38. The second kappa shape index (κ2) is 10.9. The van der Waals surface area contributed by atoms with Gasteiger partial charge in [0.05, 0.1) is 6.54 Å². The maximum atomic E-state index is 12.9. The van der Waals surface area contributed by atoms with Crippen LogP contribution in [0.4, 0.5) is 4.79 Å². The van der Waals surface area contributed by atoms with Crippen molar-refractivity contribution in [3.05, 3.63) is 94.7 Å². The number of carbonyl (C=O) groups excluding carboxylic acids is 1. The first-order valence-electron chi connectivity index (χ1n) is 13.0. The van der Waals surface area contributed by atoms with E-state index in [1.54, 1.807) is 0 Å². The summed E-state index contributed by atoms with van der Waals surface area (Å²) in [6.07, 6.45) is 13.0. The summed E-state index contributed by atoms with van der Waals surface area (Å²) in [6, 6.07) is 20.8. The molecule has 1 saturated heterocycles. The van der Waals surface area contributed by atoms with Crippen molar-refractivity contribution < 1.29 is 9.53 Å². The monoisotopic (exact) mass is 453 g/mol. The number of cyclic esters (lactones) is 1. The molecule has 34 heavy (non-hydrogen) atoms. The molecule has 1 unspecified atom stereocenters. The standard InChI is InChI=1S/C31H35NO2/c33-31-32(22-26-16-6-2-7-17-26)23-30(34-31)29(21-25-12-4-1-5-13-25)28(20-24-14-10-11-15-24)27-18-8-3-9-19-27/h2-3,6-9,16-19,21,25,30H,1,4-5,10-15,22-23H2/b29-21-. The highest BCUT2D eigenvalue weighted by molar-refractivity contribution is 5.82. The van der Waals surface area contributed by atoms with Crippen molar-refractivity contribution in [3.8, 4) is 0 Å². The highest BCUT2D eigenvalue weighted by Crippen LogP contribution is 2.36. The molecule has 1 aliphatic heterocycles. The molecule has 1 atom stereocenters. The summed E-state index contributed by atoms with van der Waals surface area (Å²) >= 11 is 0. The van der Waals surface area contributed by atoms with Gasteiger partial charge in [-0.3, -0.25) is 4.90 Å². The zero-order valence-corrected chi connectivity index (χ0v) is 20.0. The van der Waals surface area contributed by atoms with Gasteiger partial charge in [-0.25, -0.2) is 4.79 Å². The van der Waals surface area contributed by atoms with Gasteiger partial charge in [-0.15, -0.1) is 5.73 Å². The number of hydrogen-bond acceptors (Lipinski definition) is 2. The average molecular weight is 454 g/mol. The Morgan fingerprint density at radius 1 is 0.912 bits per heavy atom. The van der Waals surface area contributed by atoms with Crippen molar-refractivity contribution in [1.82, 2.24) is 4.90 Å².